The average molecular weight is 473 g/mol. The highest BCUT2D eigenvalue weighted by Crippen LogP contribution is 2.29. The number of para-hydroxylation sites is 1. The standard InChI is InChI=1S/C29H36N4O2/c1-19-12-14-23(15-13-19)33-18-22(16-20(33)2)30-28(34)24-9-5-6-10-25(24)31-29(35)27-17-21-8-4-7-11-26(21)32(27)3/h4,7-8,11-15,17,20,22,24-25H,5-6,9-10,16,18H2,1-3H3,(H,30,34)(H,31,35). The molecule has 2 amide bonds. The van der Waals surface area contributed by atoms with Crippen molar-refractivity contribution in [1.29, 1.82) is 0 Å². The summed E-state index contributed by atoms with van der Waals surface area (Å²) in [6.45, 7) is 5.13. The van der Waals surface area contributed by atoms with E-state index in [1.165, 1.54) is 11.3 Å². The fraction of sp³-hybridized carbons (Fsp3) is 0.448. The number of fused-ring (bicyclic) bond motifs is 1. The minimum Gasteiger partial charge on any atom is -0.367 e. The first kappa shape index (κ1) is 23.5. The predicted molar refractivity (Wildman–Crippen MR) is 141 cm³/mol. The number of hydrogen-bond donors (Lipinski definition) is 2. The van der Waals surface area contributed by atoms with Gasteiger partial charge in [0, 0.05) is 48.3 Å². The van der Waals surface area contributed by atoms with Gasteiger partial charge in [-0.1, -0.05) is 48.7 Å². The molecular formula is C29H36N4O2. The SMILES string of the molecule is Cc1ccc(N2CC(NC(=O)C3CCCCC3NC(=O)c3cc4ccccc4n3C)CC2C)cc1. The third-order valence-electron chi connectivity index (χ3n) is 7.89. The van der Waals surface area contributed by atoms with Crippen LogP contribution in [0.5, 0.6) is 0 Å². The van der Waals surface area contributed by atoms with Crippen molar-refractivity contribution >= 4 is 28.4 Å². The summed E-state index contributed by atoms with van der Waals surface area (Å²) >= 11 is 0. The smallest absolute Gasteiger partial charge is 0.268 e. The highest BCUT2D eigenvalue weighted by molar-refractivity contribution is 5.99. The first-order valence-corrected chi connectivity index (χ1v) is 12.9. The number of rotatable bonds is 5. The van der Waals surface area contributed by atoms with Crippen LogP contribution in [0.4, 0.5) is 5.69 Å². The van der Waals surface area contributed by atoms with Crippen molar-refractivity contribution in [2.45, 2.75) is 64.1 Å². The minimum atomic E-state index is -0.189. The zero-order valence-electron chi connectivity index (χ0n) is 21.0. The van der Waals surface area contributed by atoms with Crippen LogP contribution in [-0.2, 0) is 11.8 Å². The van der Waals surface area contributed by atoms with Crippen LogP contribution in [0, 0.1) is 12.8 Å². The van der Waals surface area contributed by atoms with E-state index in [0.717, 1.165) is 49.6 Å². The zero-order valence-corrected chi connectivity index (χ0v) is 21.0. The molecule has 4 unspecified atom stereocenters. The van der Waals surface area contributed by atoms with Gasteiger partial charge >= 0.3 is 0 Å². The lowest BCUT2D eigenvalue weighted by Gasteiger charge is -2.32. The second-order valence-corrected chi connectivity index (χ2v) is 10.4. The van der Waals surface area contributed by atoms with E-state index in [-0.39, 0.29) is 29.8 Å². The topological polar surface area (TPSA) is 66.4 Å². The van der Waals surface area contributed by atoms with Crippen LogP contribution in [0.25, 0.3) is 10.9 Å². The summed E-state index contributed by atoms with van der Waals surface area (Å²) in [6.07, 6.45) is 4.64. The largest absolute Gasteiger partial charge is 0.367 e. The van der Waals surface area contributed by atoms with Gasteiger partial charge in [0.15, 0.2) is 0 Å². The van der Waals surface area contributed by atoms with Crippen LogP contribution < -0.4 is 15.5 Å². The van der Waals surface area contributed by atoms with Gasteiger partial charge in [-0.25, -0.2) is 0 Å². The first-order valence-electron chi connectivity index (χ1n) is 12.9. The second kappa shape index (κ2) is 9.76. The van der Waals surface area contributed by atoms with Gasteiger partial charge in [0.05, 0.1) is 5.92 Å². The van der Waals surface area contributed by atoms with Crippen molar-refractivity contribution < 1.29 is 9.59 Å². The molecule has 2 aliphatic rings. The molecule has 3 aromatic rings. The number of amides is 2. The number of aromatic nitrogens is 1. The van der Waals surface area contributed by atoms with Crippen LogP contribution in [0.2, 0.25) is 0 Å². The second-order valence-electron chi connectivity index (χ2n) is 10.4. The lowest BCUT2D eigenvalue weighted by molar-refractivity contribution is -0.127. The quantitative estimate of drug-likeness (QED) is 0.572. The fourth-order valence-electron chi connectivity index (χ4n) is 5.91. The maximum Gasteiger partial charge on any atom is 0.268 e. The van der Waals surface area contributed by atoms with E-state index in [2.05, 4.69) is 53.6 Å². The van der Waals surface area contributed by atoms with Gasteiger partial charge in [-0.15, -0.1) is 0 Å². The molecule has 1 aliphatic carbocycles. The van der Waals surface area contributed by atoms with Crippen molar-refractivity contribution in [2.75, 3.05) is 11.4 Å². The third-order valence-corrected chi connectivity index (χ3v) is 7.89. The van der Waals surface area contributed by atoms with Crippen molar-refractivity contribution in [2.24, 2.45) is 13.0 Å². The Kier molecular flexibility index (Phi) is 6.54. The molecule has 6 heteroatoms. The Balaban J connectivity index is 1.24. The molecule has 4 atom stereocenters. The number of aryl methyl sites for hydroxylation is 2. The monoisotopic (exact) mass is 472 g/mol. The maximum absolute atomic E-state index is 13.4. The van der Waals surface area contributed by atoms with Gasteiger partial charge < -0.3 is 20.1 Å². The Bertz CT molecular complexity index is 1220. The van der Waals surface area contributed by atoms with Crippen LogP contribution in [0.1, 0.15) is 55.1 Å². The summed E-state index contributed by atoms with van der Waals surface area (Å²) in [4.78, 5) is 29.0. The number of carbonyl (C=O) groups excluding carboxylic acids is 2. The maximum atomic E-state index is 13.4. The number of carbonyl (C=O) groups is 2. The van der Waals surface area contributed by atoms with Crippen molar-refractivity contribution in [3.05, 3.63) is 65.9 Å². The van der Waals surface area contributed by atoms with E-state index in [0.29, 0.717) is 11.7 Å². The molecule has 0 radical (unpaired) electrons. The highest BCUT2D eigenvalue weighted by Gasteiger charge is 2.36. The van der Waals surface area contributed by atoms with E-state index in [4.69, 9.17) is 0 Å². The molecule has 1 aromatic heterocycles. The predicted octanol–water partition coefficient (Wildman–Crippen LogP) is 4.56. The summed E-state index contributed by atoms with van der Waals surface area (Å²) in [6, 6.07) is 18.9. The molecule has 2 N–H and O–H groups in total. The summed E-state index contributed by atoms with van der Waals surface area (Å²) in [7, 11) is 1.92. The molecule has 0 spiro atoms. The summed E-state index contributed by atoms with van der Waals surface area (Å²) in [5.41, 5.74) is 4.12. The Hall–Kier alpha value is -3.28. The van der Waals surface area contributed by atoms with Crippen molar-refractivity contribution in [3.63, 3.8) is 0 Å². The molecule has 184 valence electrons. The molecule has 5 rings (SSSR count). The first-order chi connectivity index (χ1) is 16.9. The Morgan fingerprint density at radius 2 is 1.71 bits per heavy atom. The highest BCUT2D eigenvalue weighted by atomic mass is 16.2. The number of nitrogens with zero attached hydrogens (tertiary/aromatic N) is 2. The van der Waals surface area contributed by atoms with Gasteiger partial charge in [-0.3, -0.25) is 9.59 Å². The van der Waals surface area contributed by atoms with Gasteiger partial charge in [0.2, 0.25) is 5.91 Å². The van der Waals surface area contributed by atoms with Crippen molar-refractivity contribution in [1.82, 2.24) is 15.2 Å². The molecule has 2 aromatic carbocycles. The normalized spacial score (nSPS) is 24.5. The molecule has 2 heterocycles. The molecule has 35 heavy (non-hydrogen) atoms. The van der Waals surface area contributed by atoms with E-state index in [1.807, 2.05) is 41.9 Å². The molecule has 1 aliphatic heterocycles. The lowest BCUT2D eigenvalue weighted by Crippen LogP contribution is -2.50. The van der Waals surface area contributed by atoms with Crippen LogP contribution in [0.3, 0.4) is 0 Å². The summed E-state index contributed by atoms with van der Waals surface area (Å²) in [5.74, 6) is -0.213. The zero-order chi connectivity index (χ0) is 24.5. The number of nitrogens with one attached hydrogen (secondary N) is 2. The molecular weight excluding hydrogens is 436 g/mol. The number of hydrogen-bond acceptors (Lipinski definition) is 3. The molecule has 1 saturated carbocycles. The fourth-order valence-corrected chi connectivity index (χ4v) is 5.91. The Labute approximate surface area is 207 Å². The Morgan fingerprint density at radius 1 is 0.971 bits per heavy atom. The minimum absolute atomic E-state index is 0.0787. The van der Waals surface area contributed by atoms with Gasteiger partial charge in [0.1, 0.15) is 5.69 Å². The molecule has 0 bridgehead atoms. The van der Waals surface area contributed by atoms with Crippen LogP contribution >= 0.6 is 0 Å². The van der Waals surface area contributed by atoms with E-state index < -0.39 is 0 Å². The molecule has 2 fully saturated rings. The average Bonchev–Trinajstić information content (AvgIpc) is 3.39. The molecule has 6 nitrogen and oxygen atoms in total. The van der Waals surface area contributed by atoms with Gasteiger partial charge in [-0.05, 0) is 57.4 Å². The lowest BCUT2D eigenvalue weighted by atomic mass is 9.83. The Morgan fingerprint density at radius 3 is 2.49 bits per heavy atom. The summed E-state index contributed by atoms with van der Waals surface area (Å²) in [5, 5.41) is 7.59. The number of anilines is 1. The number of benzene rings is 2. The van der Waals surface area contributed by atoms with E-state index in [1.54, 1.807) is 0 Å². The molecule has 1 saturated heterocycles. The summed E-state index contributed by atoms with van der Waals surface area (Å²) < 4.78 is 1.93. The van der Waals surface area contributed by atoms with Crippen molar-refractivity contribution in [3.8, 4) is 0 Å². The van der Waals surface area contributed by atoms with Crippen LogP contribution in [0.15, 0.2) is 54.6 Å². The van der Waals surface area contributed by atoms with E-state index >= 15 is 0 Å². The van der Waals surface area contributed by atoms with Gasteiger partial charge in [0.25, 0.3) is 5.91 Å². The van der Waals surface area contributed by atoms with E-state index in [9.17, 15) is 9.59 Å². The third kappa shape index (κ3) is 4.79. The van der Waals surface area contributed by atoms with Crippen LogP contribution in [-0.4, -0.2) is 41.1 Å². The van der Waals surface area contributed by atoms with Gasteiger partial charge in [-0.2, -0.15) is 0 Å².